The Hall–Kier alpha value is -3.04. The highest BCUT2D eigenvalue weighted by Crippen LogP contribution is 2.40. The summed E-state index contributed by atoms with van der Waals surface area (Å²) in [6, 6.07) is 16.1. The number of carbonyl (C=O) groups is 1. The van der Waals surface area contributed by atoms with Crippen LogP contribution in [0, 0.1) is 18.3 Å². The van der Waals surface area contributed by atoms with E-state index in [1.807, 2.05) is 37.3 Å². The molecule has 1 N–H and O–H groups in total. The Bertz CT molecular complexity index is 947. The highest BCUT2D eigenvalue weighted by atomic mass is 16.5. The van der Waals surface area contributed by atoms with Gasteiger partial charge >= 0.3 is 0 Å². The van der Waals surface area contributed by atoms with Gasteiger partial charge in [-0.05, 0) is 67.1 Å². The Kier molecular flexibility index (Phi) is 6.73. The van der Waals surface area contributed by atoms with Crippen molar-refractivity contribution in [3.63, 3.8) is 0 Å². The van der Waals surface area contributed by atoms with E-state index in [2.05, 4.69) is 23.5 Å². The second-order valence-electron chi connectivity index (χ2n) is 8.18. The fraction of sp³-hybridized carbons (Fsp3) is 0.440. The molecule has 2 aromatic rings. The monoisotopic (exact) mass is 419 g/mol. The fourth-order valence-electron chi connectivity index (χ4n) is 3.88. The van der Waals surface area contributed by atoms with Gasteiger partial charge in [0.2, 0.25) is 0 Å². The number of benzene rings is 2. The van der Waals surface area contributed by atoms with Crippen LogP contribution >= 0.6 is 0 Å². The molecule has 1 aliphatic heterocycles. The van der Waals surface area contributed by atoms with Gasteiger partial charge in [-0.2, -0.15) is 5.26 Å². The molecule has 1 amide bonds. The summed E-state index contributed by atoms with van der Waals surface area (Å²) >= 11 is 0. The zero-order chi connectivity index (χ0) is 21.6. The van der Waals surface area contributed by atoms with Gasteiger partial charge in [-0.1, -0.05) is 12.1 Å². The molecule has 0 unspecified atom stereocenters. The number of amides is 1. The molecule has 0 bridgehead atoms. The summed E-state index contributed by atoms with van der Waals surface area (Å²) in [5.41, 5.74) is 3.22. The molecule has 4 rings (SSSR count). The second kappa shape index (κ2) is 9.84. The van der Waals surface area contributed by atoms with Crippen molar-refractivity contribution in [2.45, 2.75) is 44.6 Å². The smallest absolute Gasteiger partial charge is 0.268 e. The van der Waals surface area contributed by atoms with Crippen LogP contribution in [0.2, 0.25) is 0 Å². The van der Waals surface area contributed by atoms with Gasteiger partial charge in [0.05, 0.1) is 6.07 Å². The highest BCUT2D eigenvalue weighted by Gasteiger charge is 2.34. The standard InChI is InChI=1S/C25H29N3O3/c1-18-17-21(7-10-23(18)30-16-14-27-13-2-12-26)28-15-11-24(25(28)29)31-22-8-5-20(6-9-22)19-3-4-19/h5-10,17,19,24,27H,2-4,11,13-16H2,1H3/t24-/m0/s1. The van der Waals surface area contributed by atoms with Crippen molar-refractivity contribution in [3.8, 4) is 17.6 Å². The molecule has 1 atom stereocenters. The number of carbonyl (C=O) groups excluding carboxylic acids is 1. The normalized spacial score (nSPS) is 18.1. The van der Waals surface area contributed by atoms with Crippen LogP contribution in [0.3, 0.4) is 0 Å². The lowest BCUT2D eigenvalue weighted by Crippen LogP contribution is -2.32. The van der Waals surface area contributed by atoms with Gasteiger partial charge < -0.3 is 19.7 Å². The number of hydrogen-bond acceptors (Lipinski definition) is 5. The molecule has 6 nitrogen and oxygen atoms in total. The summed E-state index contributed by atoms with van der Waals surface area (Å²) in [4.78, 5) is 14.7. The first-order chi connectivity index (χ1) is 15.2. The van der Waals surface area contributed by atoms with Crippen molar-refractivity contribution in [1.82, 2.24) is 5.32 Å². The van der Waals surface area contributed by atoms with Gasteiger partial charge in [0.25, 0.3) is 5.91 Å². The molecule has 2 aliphatic rings. The van der Waals surface area contributed by atoms with E-state index in [4.69, 9.17) is 14.7 Å². The summed E-state index contributed by atoms with van der Waals surface area (Å²) in [5.74, 6) is 2.28. The summed E-state index contributed by atoms with van der Waals surface area (Å²) in [7, 11) is 0. The third-order valence-corrected chi connectivity index (χ3v) is 5.78. The van der Waals surface area contributed by atoms with Crippen LogP contribution in [0.1, 0.15) is 42.7 Å². The number of nitrogens with zero attached hydrogens (tertiary/aromatic N) is 2. The predicted molar refractivity (Wildman–Crippen MR) is 120 cm³/mol. The highest BCUT2D eigenvalue weighted by molar-refractivity contribution is 5.99. The lowest BCUT2D eigenvalue weighted by molar-refractivity contribution is -0.122. The van der Waals surface area contributed by atoms with Crippen molar-refractivity contribution >= 4 is 11.6 Å². The van der Waals surface area contributed by atoms with Crippen LogP contribution in [0.5, 0.6) is 11.5 Å². The summed E-state index contributed by atoms with van der Waals surface area (Å²) < 4.78 is 11.8. The summed E-state index contributed by atoms with van der Waals surface area (Å²) in [6.45, 7) is 4.52. The Morgan fingerprint density at radius 2 is 1.94 bits per heavy atom. The van der Waals surface area contributed by atoms with E-state index in [-0.39, 0.29) is 5.91 Å². The van der Waals surface area contributed by atoms with E-state index in [1.165, 1.54) is 18.4 Å². The van der Waals surface area contributed by atoms with E-state index in [0.717, 1.165) is 22.7 Å². The number of rotatable bonds is 10. The largest absolute Gasteiger partial charge is 0.492 e. The number of nitriles is 1. The first kappa shape index (κ1) is 21.2. The quantitative estimate of drug-likeness (QED) is 0.591. The predicted octanol–water partition coefficient (Wildman–Crippen LogP) is 3.94. The average molecular weight is 420 g/mol. The molecular weight excluding hydrogens is 390 g/mol. The van der Waals surface area contributed by atoms with Crippen LogP contribution < -0.4 is 19.7 Å². The topological polar surface area (TPSA) is 74.6 Å². The van der Waals surface area contributed by atoms with Crippen molar-refractivity contribution in [2.75, 3.05) is 31.1 Å². The number of nitrogens with one attached hydrogen (secondary N) is 1. The first-order valence-corrected chi connectivity index (χ1v) is 11.0. The van der Waals surface area contributed by atoms with Gasteiger partial charge in [0.15, 0.2) is 6.10 Å². The van der Waals surface area contributed by atoms with Crippen LogP contribution in [-0.2, 0) is 4.79 Å². The number of hydrogen-bond donors (Lipinski definition) is 1. The molecule has 162 valence electrons. The van der Waals surface area contributed by atoms with Gasteiger partial charge in [0.1, 0.15) is 18.1 Å². The average Bonchev–Trinajstić information content (AvgIpc) is 3.56. The molecule has 1 saturated heterocycles. The minimum absolute atomic E-state index is 0.000954. The zero-order valence-corrected chi connectivity index (χ0v) is 18.0. The maximum atomic E-state index is 12.9. The van der Waals surface area contributed by atoms with E-state index >= 15 is 0 Å². The molecule has 6 heteroatoms. The molecule has 1 saturated carbocycles. The molecule has 0 spiro atoms. The molecule has 1 aliphatic carbocycles. The Morgan fingerprint density at radius 3 is 2.65 bits per heavy atom. The Labute approximate surface area is 183 Å². The SMILES string of the molecule is Cc1cc(N2CC[C@H](Oc3ccc(C4CC4)cc3)C2=O)ccc1OCCNCCC#N. The fourth-order valence-corrected chi connectivity index (χ4v) is 3.88. The van der Waals surface area contributed by atoms with Gasteiger partial charge in [0, 0.05) is 38.2 Å². The Morgan fingerprint density at radius 1 is 1.13 bits per heavy atom. The number of anilines is 1. The van der Waals surface area contributed by atoms with Gasteiger partial charge in [-0.25, -0.2) is 0 Å². The summed E-state index contributed by atoms with van der Waals surface area (Å²) in [5, 5.41) is 11.7. The second-order valence-corrected chi connectivity index (χ2v) is 8.18. The molecular formula is C25H29N3O3. The molecule has 2 aromatic carbocycles. The van der Waals surface area contributed by atoms with Crippen molar-refractivity contribution in [1.29, 1.82) is 5.26 Å². The van der Waals surface area contributed by atoms with Crippen LogP contribution in [-0.4, -0.2) is 38.3 Å². The molecule has 0 aromatic heterocycles. The van der Waals surface area contributed by atoms with E-state index in [0.29, 0.717) is 45.0 Å². The first-order valence-electron chi connectivity index (χ1n) is 11.0. The van der Waals surface area contributed by atoms with Crippen molar-refractivity contribution < 1.29 is 14.3 Å². The third-order valence-electron chi connectivity index (χ3n) is 5.78. The molecule has 31 heavy (non-hydrogen) atoms. The maximum Gasteiger partial charge on any atom is 0.268 e. The van der Waals surface area contributed by atoms with Crippen molar-refractivity contribution in [3.05, 3.63) is 53.6 Å². The van der Waals surface area contributed by atoms with Gasteiger partial charge in [-0.15, -0.1) is 0 Å². The lowest BCUT2D eigenvalue weighted by atomic mass is 10.1. The summed E-state index contributed by atoms with van der Waals surface area (Å²) in [6.07, 6.45) is 3.28. The Balaban J connectivity index is 1.30. The van der Waals surface area contributed by atoms with E-state index < -0.39 is 6.10 Å². The molecule has 0 radical (unpaired) electrons. The minimum Gasteiger partial charge on any atom is -0.492 e. The van der Waals surface area contributed by atoms with Gasteiger partial charge in [-0.3, -0.25) is 4.79 Å². The van der Waals surface area contributed by atoms with Crippen LogP contribution in [0.4, 0.5) is 5.69 Å². The number of ether oxygens (including phenoxy) is 2. The van der Waals surface area contributed by atoms with Crippen LogP contribution in [0.15, 0.2) is 42.5 Å². The number of aryl methyl sites for hydroxylation is 1. The van der Waals surface area contributed by atoms with E-state index in [1.54, 1.807) is 4.90 Å². The van der Waals surface area contributed by atoms with Crippen molar-refractivity contribution in [2.24, 2.45) is 0 Å². The zero-order valence-electron chi connectivity index (χ0n) is 18.0. The van der Waals surface area contributed by atoms with E-state index in [9.17, 15) is 4.79 Å². The molecule has 1 heterocycles. The minimum atomic E-state index is -0.442. The third kappa shape index (κ3) is 5.36. The van der Waals surface area contributed by atoms with Crippen LogP contribution in [0.25, 0.3) is 0 Å². The molecule has 2 fully saturated rings. The maximum absolute atomic E-state index is 12.9. The lowest BCUT2D eigenvalue weighted by Gasteiger charge is -2.19.